The van der Waals surface area contributed by atoms with Crippen LogP contribution < -0.4 is 15.4 Å². The van der Waals surface area contributed by atoms with Gasteiger partial charge in [-0.3, -0.25) is 9.59 Å². The molecule has 0 saturated heterocycles. The average molecular weight is 379 g/mol. The summed E-state index contributed by atoms with van der Waals surface area (Å²) >= 11 is 0. The maximum absolute atomic E-state index is 12.7. The topological polar surface area (TPSA) is 91.2 Å². The summed E-state index contributed by atoms with van der Waals surface area (Å²) in [5, 5.41) is 14.0. The van der Waals surface area contributed by atoms with Gasteiger partial charge in [-0.25, -0.2) is 0 Å². The smallest absolute Gasteiger partial charge is 0.251 e. The number of hydrogen-bond acceptors (Lipinski definition) is 4. The molecule has 2 aromatic rings. The standard InChI is InChI=1S/C22H25N3O3/c1-15(2)12-20(22(27)24-11-10-23)25-21(26)18-8-4-6-16(13-18)17-7-5-9-19(14-17)28-3/h4-9,13-15,20H,11-12H2,1-3H3,(H,24,27)(H,25,26)/t20-/m0/s1. The molecule has 2 amide bonds. The van der Waals surface area contributed by atoms with Crippen LogP contribution in [0.1, 0.15) is 30.6 Å². The quantitative estimate of drug-likeness (QED) is 0.689. The number of amides is 2. The van der Waals surface area contributed by atoms with Crippen LogP contribution in [0.25, 0.3) is 11.1 Å². The highest BCUT2D eigenvalue weighted by Gasteiger charge is 2.22. The number of rotatable bonds is 8. The Hall–Kier alpha value is -3.33. The van der Waals surface area contributed by atoms with Crippen LogP contribution in [0.15, 0.2) is 48.5 Å². The molecule has 0 aromatic heterocycles. The molecule has 0 radical (unpaired) electrons. The normalized spacial score (nSPS) is 11.4. The molecule has 28 heavy (non-hydrogen) atoms. The Morgan fingerprint density at radius 1 is 1.11 bits per heavy atom. The molecule has 0 fully saturated rings. The first kappa shape index (κ1) is 21.0. The fraction of sp³-hybridized carbons (Fsp3) is 0.318. The Kier molecular flexibility index (Phi) is 7.58. The molecule has 146 valence electrons. The van der Waals surface area contributed by atoms with Crippen LogP contribution in [-0.4, -0.2) is 31.5 Å². The molecule has 2 N–H and O–H groups in total. The molecule has 2 rings (SSSR count). The Balaban J connectivity index is 2.20. The summed E-state index contributed by atoms with van der Waals surface area (Å²) in [5.41, 5.74) is 2.27. The number of carbonyl (C=O) groups excluding carboxylic acids is 2. The third-order valence-electron chi connectivity index (χ3n) is 4.20. The minimum Gasteiger partial charge on any atom is -0.497 e. The number of hydrogen-bond donors (Lipinski definition) is 2. The van der Waals surface area contributed by atoms with Gasteiger partial charge in [0.2, 0.25) is 5.91 Å². The molecule has 1 atom stereocenters. The number of benzene rings is 2. The lowest BCUT2D eigenvalue weighted by molar-refractivity contribution is -0.123. The average Bonchev–Trinajstić information content (AvgIpc) is 2.71. The molecule has 0 unspecified atom stereocenters. The lowest BCUT2D eigenvalue weighted by Crippen LogP contribution is -2.47. The first-order valence-electron chi connectivity index (χ1n) is 9.14. The first-order valence-corrected chi connectivity index (χ1v) is 9.14. The van der Waals surface area contributed by atoms with E-state index in [0.29, 0.717) is 12.0 Å². The zero-order valence-corrected chi connectivity index (χ0v) is 16.4. The number of carbonyl (C=O) groups is 2. The van der Waals surface area contributed by atoms with Crippen LogP contribution >= 0.6 is 0 Å². The van der Waals surface area contributed by atoms with Crippen molar-refractivity contribution in [3.63, 3.8) is 0 Å². The van der Waals surface area contributed by atoms with Crippen molar-refractivity contribution in [2.45, 2.75) is 26.3 Å². The van der Waals surface area contributed by atoms with Gasteiger partial charge in [-0.15, -0.1) is 0 Å². The number of nitriles is 1. The molecular formula is C22H25N3O3. The van der Waals surface area contributed by atoms with Gasteiger partial charge >= 0.3 is 0 Å². The molecule has 0 bridgehead atoms. The predicted octanol–water partition coefficient (Wildman–Crippen LogP) is 3.15. The summed E-state index contributed by atoms with van der Waals surface area (Å²) < 4.78 is 5.26. The van der Waals surface area contributed by atoms with Crippen LogP contribution in [0.4, 0.5) is 0 Å². The van der Waals surface area contributed by atoms with E-state index in [-0.39, 0.29) is 24.3 Å². The van der Waals surface area contributed by atoms with Gasteiger partial charge in [-0.05, 0) is 47.7 Å². The van der Waals surface area contributed by atoms with Crippen molar-refractivity contribution in [2.24, 2.45) is 5.92 Å². The minimum absolute atomic E-state index is 0.0887. The molecule has 2 aromatic carbocycles. The summed E-state index contributed by atoms with van der Waals surface area (Å²) in [4.78, 5) is 25.0. The van der Waals surface area contributed by atoms with E-state index < -0.39 is 6.04 Å². The van der Waals surface area contributed by atoms with Gasteiger partial charge in [0.15, 0.2) is 0 Å². The van der Waals surface area contributed by atoms with Gasteiger partial charge in [-0.1, -0.05) is 38.1 Å². The van der Waals surface area contributed by atoms with Crippen molar-refractivity contribution in [2.75, 3.05) is 13.7 Å². The largest absolute Gasteiger partial charge is 0.497 e. The number of nitrogens with one attached hydrogen (secondary N) is 2. The molecule has 0 spiro atoms. The third kappa shape index (κ3) is 5.85. The second-order valence-electron chi connectivity index (χ2n) is 6.84. The summed E-state index contributed by atoms with van der Waals surface area (Å²) in [6.07, 6.45) is 0.485. The molecule has 0 aliphatic rings. The third-order valence-corrected chi connectivity index (χ3v) is 4.20. The zero-order chi connectivity index (χ0) is 20.5. The van der Waals surface area contributed by atoms with E-state index in [2.05, 4.69) is 10.6 Å². The van der Waals surface area contributed by atoms with Crippen molar-refractivity contribution in [3.05, 3.63) is 54.1 Å². The predicted molar refractivity (Wildman–Crippen MR) is 108 cm³/mol. The van der Waals surface area contributed by atoms with Crippen LogP contribution in [0.3, 0.4) is 0 Å². The lowest BCUT2D eigenvalue weighted by Gasteiger charge is -2.19. The molecule has 0 saturated carbocycles. The van der Waals surface area contributed by atoms with Gasteiger partial charge in [-0.2, -0.15) is 5.26 Å². The van der Waals surface area contributed by atoms with Crippen molar-refractivity contribution >= 4 is 11.8 Å². The molecule has 0 aliphatic heterocycles. The number of ether oxygens (including phenoxy) is 1. The molecular weight excluding hydrogens is 354 g/mol. The van der Waals surface area contributed by atoms with Crippen LogP contribution in [-0.2, 0) is 4.79 Å². The first-order chi connectivity index (χ1) is 13.4. The zero-order valence-electron chi connectivity index (χ0n) is 16.4. The molecule has 6 heteroatoms. The molecule has 0 aliphatic carbocycles. The highest BCUT2D eigenvalue weighted by Crippen LogP contribution is 2.24. The van der Waals surface area contributed by atoms with E-state index in [9.17, 15) is 9.59 Å². The summed E-state index contributed by atoms with van der Waals surface area (Å²) in [5.74, 6) is 0.259. The van der Waals surface area contributed by atoms with E-state index in [1.54, 1.807) is 25.3 Å². The number of methoxy groups -OCH3 is 1. The van der Waals surface area contributed by atoms with E-state index in [0.717, 1.165) is 16.9 Å². The van der Waals surface area contributed by atoms with Crippen molar-refractivity contribution in [3.8, 4) is 22.9 Å². The minimum atomic E-state index is -0.693. The van der Waals surface area contributed by atoms with E-state index >= 15 is 0 Å². The highest BCUT2D eigenvalue weighted by atomic mass is 16.5. The van der Waals surface area contributed by atoms with E-state index in [4.69, 9.17) is 10.00 Å². The molecule has 0 heterocycles. The maximum Gasteiger partial charge on any atom is 0.251 e. The van der Waals surface area contributed by atoms with Gasteiger partial charge in [0.05, 0.1) is 13.2 Å². The fourth-order valence-electron chi connectivity index (χ4n) is 2.84. The van der Waals surface area contributed by atoms with E-state index in [1.807, 2.05) is 50.2 Å². The Morgan fingerprint density at radius 3 is 2.43 bits per heavy atom. The Morgan fingerprint density at radius 2 is 1.79 bits per heavy atom. The summed E-state index contributed by atoms with van der Waals surface area (Å²) in [7, 11) is 1.61. The second-order valence-corrected chi connectivity index (χ2v) is 6.84. The second kappa shape index (κ2) is 10.1. The highest BCUT2D eigenvalue weighted by molar-refractivity contribution is 5.98. The SMILES string of the molecule is COc1cccc(-c2cccc(C(=O)N[C@@H](CC(C)C)C(=O)NCC#N)c2)c1. The lowest BCUT2D eigenvalue weighted by atomic mass is 10.0. The van der Waals surface area contributed by atoms with Crippen molar-refractivity contribution in [1.82, 2.24) is 10.6 Å². The van der Waals surface area contributed by atoms with Gasteiger partial charge in [0.25, 0.3) is 5.91 Å². The monoisotopic (exact) mass is 379 g/mol. The molecule has 6 nitrogen and oxygen atoms in total. The summed E-state index contributed by atoms with van der Waals surface area (Å²) in [6.45, 7) is 3.86. The van der Waals surface area contributed by atoms with Crippen LogP contribution in [0.2, 0.25) is 0 Å². The Bertz CT molecular complexity index is 871. The summed E-state index contributed by atoms with van der Waals surface area (Å²) in [6, 6.07) is 16.0. The van der Waals surface area contributed by atoms with Gasteiger partial charge in [0.1, 0.15) is 18.3 Å². The van der Waals surface area contributed by atoms with Gasteiger partial charge in [0, 0.05) is 5.56 Å². The van der Waals surface area contributed by atoms with E-state index in [1.165, 1.54) is 0 Å². The maximum atomic E-state index is 12.7. The van der Waals surface area contributed by atoms with Crippen molar-refractivity contribution < 1.29 is 14.3 Å². The van der Waals surface area contributed by atoms with Gasteiger partial charge < -0.3 is 15.4 Å². The fourth-order valence-corrected chi connectivity index (χ4v) is 2.84. The Labute approximate surface area is 165 Å². The van der Waals surface area contributed by atoms with Crippen LogP contribution in [0, 0.1) is 17.2 Å². The van der Waals surface area contributed by atoms with Crippen LogP contribution in [0.5, 0.6) is 5.75 Å². The number of nitrogens with zero attached hydrogens (tertiary/aromatic N) is 1. The van der Waals surface area contributed by atoms with Crippen molar-refractivity contribution in [1.29, 1.82) is 5.26 Å².